The fourth-order valence-electron chi connectivity index (χ4n) is 5.60. The van der Waals surface area contributed by atoms with Crippen LogP contribution in [-0.4, -0.2) is 36.3 Å². The first-order chi connectivity index (χ1) is 15.3. The summed E-state index contributed by atoms with van der Waals surface area (Å²) in [6.07, 6.45) is 2.14. The van der Waals surface area contributed by atoms with Crippen molar-refractivity contribution < 1.29 is 23.9 Å². The molecule has 0 aromatic heterocycles. The van der Waals surface area contributed by atoms with Crippen molar-refractivity contribution >= 4 is 6.09 Å². The summed E-state index contributed by atoms with van der Waals surface area (Å²) in [5, 5.41) is 0. The molecule has 4 heteroatoms. The number of carbonyl (C=O) groups is 1. The number of carbonyl (C=O) groups excluding carboxylic acids is 1. The lowest BCUT2D eigenvalue weighted by Crippen LogP contribution is -2.62. The van der Waals surface area contributed by atoms with Crippen LogP contribution in [0.3, 0.4) is 0 Å². The fraction of sp³-hybridized carbons (Fsp3) is 0.682. The van der Waals surface area contributed by atoms with Crippen LogP contribution in [0.2, 0.25) is 0 Å². The van der Waals surface area contributed by atoms with Crippen molar-refractivity contribution in [1.29, 1.82) is 0 Å². The molecule has 142 valence electrons. The van der Waals surface area contributed by atoms with Crippen LogP contribution in [0.4, 0.5) is 4.79 Å². The molecule has 3 aliphatic rings. The number of fused-ring (bicyclic) bond motifs is 1. The summed E-state index contributed by atoms with van der Waals surface area (Å²) >= 11 is 0. The van der Waals surface area contributed by atoms with Crippen molar-refractivity contribution in [2.75, 3.05) is 13.2 Å². The van der Waals surface area contributed by atoms with E-state index in [9.17, 15) is 4.79 Å². The molecule has 26 heavy (non-hydrogen) atoms. The van der Waals surface area contributed by atoms with Crippen molar-refractivity contribution in [2.24, 2.45) is 5.92 Å². The van der Waals surface area contributed by atoms with Gasteiger partial charge in [-0.05, 0) is 75.5 Å². The maximum atomic E-state index is 12.6. The van der Waals surface area contributed by atoms with Gasteiger partial charge in [0.1, 0.15) is 5.75 Å². The molecule has 4 nitrogen and oxygen atoms in total. The summed E-state index contributed by atoms with van der Waals surface area (Å²) in [5.41, 5.74) is 1.92. The van der Waals surface area contributed by atoms with E-state index in [2.05, 4.69) is 0 Å². The molecular formula is C22H31NO3. The molecule has 2 aliphatic carbocycles. The zero-order valence-electron chi connectivity index (χ0n) is 22.2. The minimum atomic E-state index is -3.16. The third-order valence-corrected chi connectivity index (χ3v) is 6.53. The zero-order valence-corrected chi connectivity index (χ0v) is 15.2. The predicted molar refractivity (Wildman–Crippen MR) is 102 cm³/mol. The minimum Gasteiger partial charge on any atom is -0.491 e. The number of hydrogen-bond acceptors (Lipinski definition) is 3. The second-order valence-corrected chi connectivity index (χ2v) is 7.67. The van der Waals surface area contributed by atoms with E-state index >= 15 is 0 Å². The molecule has 0 unspecified atom stereocenters. The molecule has 0 spiro atoms. The molecule has 4 rings (SSSR count). The maximum absolute atomic E-state index is 12.6. The number of hydrogen-bond donors (Lipinski definition) is 0. The van der Waals surface area contributed by atoms with E-state index in [4.69, 9.17) is 19.1 Å². The van der Waals surface area contributed by atoms with Gasteiger partial charge in [0.25, 0.3) is 0 Å². The average Bonchev–Trinajstić information content (AvgIpc) is 2.72. The standard InChI is InChI=1S/C22H31NO3/c1-4-25-21(24)23-12-11-22-10-6-5-7-18(22)20(23)13-16-8-9-17(14-19(16)22)26-15(2)3/h8-9,14-15,18,20H,4-7,10-13H2,1-3H3/t18-,20-,22-/m1/s1/i2D3,3D3,15D. The van der Waals surface area contributed by atoms with E-state index in [0.29, 0.717) is 19.6 Å². The Bertz CT molecular complexity index is 902. The third kappa shape index (κ3) is 2.78. The van der Waals surface area contributed by atoms with Gasteiger partial charge < -0.3 is 14.4 Å². The number of amides is 1. The quantitative estimate of drug-likeness (QED) is 0.781. The maximum Gasteiger partial charge on any atom is 0.410 e. The molecule has 1 saturated carbocycles. The van der Waals surface area contributed by atoms with Crippen molar-refractivity contribution in [3.8, 4) is 5.75 Å². The average molecular weight is 365 g/mol. The van der Waals surface area contributed by atoms with Crippen molar-refractivity contribution in [1.82, 2.24) is 4.90 Å². The molecule has 1 aromatic rings. The molecule has 3 atom stereocenters. The smallest absolute Gasteiger partial charge is 0.410 e. The van der Waals surface area contributed by atoms with E-state index < -0.39 is 19.8 Å². The molecule has 1 aromatic carbocycles. The van der Waals surface area contributed by atoms with Crippen molar-refractivity contribution in [2.45, 2.75) is 76.7 Å². The number of nitrogens with zero attached hydrogens (tertiary/aromatic N) is 1. The predicted octanol–water partition coefficient (Wildman–Crippen LogP) is 4.69. The molecule has 2 fully saturated rings. The van der Waals surface area contributed by atoms with Crippen LogP contribution in [0.1, 0.15) is 73.5 Å². The van der Waals surface area contributed by atoms with Crippen LogP contribution in [0.25, 0.3) is 0 Å². The van der Waals surface area contributed by atoms with Crippen LogP contribution in [-0.2, 0) is 16.6 Å². The Morgan fingerprint density at radius 3 is 3.12 bits per heavy atom. The van der Waals surface area contributed by atoms with Gasteiger partial charge >= 0.3 is 6.09 Å². The van der Waals surface area contributed by atoms with E-state index in [0.717, 1.165) is 43.2 Å². The number of rotatable bonds is 3. The van der Waals surface area contributed by atoms with Gasteiger partial charge in [0.05, 0.1) is 14.1 Å². The second kappa shape index (κ2) is 6.79. The highest BCUT2D eigenvalue weighted by Gasteiger charge is 2.55. The highest BCUT2D eigenvalue weighted by Crippen LogP contribution is 2.56. The van der Waals surface area contributed by atoms with Crippen LogP contribution in [0.5, 0.6) is 5.75 Å². The first kappa shape index (κ1) is 11.2. The zero-order chi connectivity index (χ0) is 24.2. The van der Waals surface area contributed by atoms with Crippen molar-refractivity contribution in [3.05, 3.63) is 29.3 Å². The Balaban J connectivity index is 1.74. The fourth-order valence-corrected chi connectivity index (χ4v) is 5.60. The summed E-state index contributed by atoms with van der Waals surface area (Å²) in [6.45, 7) is -3.60. The van der Waals surface area contributed by atoms with E-state index in [1.807, 2.05) is 11.0 Å². The summed E-state index contributed by atoms with van der Waals surface area (Å²) in [5.74, 6) is 0.333. The van der Waals surface area contributed by atoms with Gasteiger partial charge in [0.2, 0.25) is 0 Å². The lowest BCUT2D eigenvalue weighted by atomic mass is 9.52. The van der Waals surface area contributed by atoms with Crippen LogP contribution < -0.4 is 4.74 Å². The topological polar surface area (TPSA) is 38.8 Å². The van der Waals surface area contributed by atoms with Crippen LogP contribution >= 0.6 is 0 Å². The molecule has 1 saturated heterocycles. The van der Waals surface area contributed by atoms with Crippen LogP contribution in [0.15, 0.2) is 18.2 Å². The van der Waals surface area contributed by atoms with Gasteiger partial charge in [-0.25, -0.2) is 4.79 Å². The molecule has 0 radical (unpaired) electrons. The number of likely N-dealkylation sites (tertiary alicyclic amines) is 1. The van der Waals surface area contributed by atoms with Gasteiger partial charge in [-0.1, -0.05) is 18.9 Å². The van der Waals surface area contributed by atoms with Gasteiger partial charge in [-0.3, -0.25) is 0 Å². The van der Waals surface area contributed by atoms with Crippen molar-refractivity contribution in [3.63, 3.8) is 0 Å². The Morgan fingerprint density at radius 2 is 2.31 bits per heavy atom. The summed E-state index contributed by atoms with van der Waals surface area (Å²) in [7, 11) is 0. The van der Waals surface area contributed by atoms with E-state index in [-0.39, 0.29) is 29.2 Å². The van der Waals surface area contributed by atoms with E-state index in [1.54, 1.807) is 19.1 Å². The number of ether oxygens (including phenoxy) is 2. The molecular weight excluding hydrogens is 326 g/mol. The van der Waals surface area contributed by atoms with E-state index in [1.165, 1.54) is 0 Å². The van der Waals surface area contributed by atoms with Gasteiger partial charge in [-0.2, -0.15) is 0 Å². The summed E-state index contributed by atoms with van der Waals surface area (Å²) in [6, 6.07) is 5.17. The molecule has 1 aliphatic heterocycles. The minimum absolute atomic E-state index is 0.0392. The van der Waals surface area contributed by atoms with Crippen LogP contribution in [0, 0.1) is 5.92 Å². The highest BCUT2D eigenvalue weighted by molar-refractivity contribution is 5.69. The second-order valence-electron chi connectivity index (χ2n) is 7.67. The monoisotopic (exact) mass is 364 g/mol. The Labute approximate surface area is 166 Å². The molecule has 1 amide bonds. The lowest BCUT2D eigenvalue weighted by Gasteiger charge is -2.58. The Hall–Kier alpha value is -1.71. The molecule has 2 bridgehead atoms. The third-order valence-electron chi connectivity index (χ3n) is 6.53. The lowest BCUT2D eigenvalue weighted by molar-refractivity contribution is -0.0110. The Morgan fingerprint density at radius 1 is 1.42 bits per heavy atom. The largest absolute Gasteiger partial charge is 0.491 e. The number of piperidine rings is 1. The molecule has 1 heterocycles. The SMILES string of the molecule is [2H]C([2H])([2H])C([2H])(Oc1ccc2c(c1)[C@@]13CCCC[C@@H]1[C@@H](C2)N(C(=O)OCC)CC3)C([2H])([2H])[2H]. The summed E-state index contributed by atoms with van der Waals surface area (Å²) < 4.78 is 64.9. The first-order valence-electron chi connectivity index (χ1n) is 13.1. The van der Waals surface area contributed by atoms with Gasteiger partial charge in [0, 0.05) is 26.2 Å². The van der Waals surface area contributed by atoms with Gasteiger partial charge in [-0.15, -0.1) is 0 Å². The van der Waals surface area contributed by atoms with Gasteiger partial charge in [0.15, 0.2) is 0 Å². The summed E-state index contributed by atoms with van der Waals surface area (Å²) in [4.78, 5) is 14.5. The Kier molecular flexibility index (Phi) is 2.93. The number of benzene rings is 1. The normalized spacial score (nSPS) is 35.1. The molecule has 0 N–H and O–H groups in total. The highest BCUT2D eigenvalue weighted by atomic mass is 16.6. The first-order valence-corrected chi connectivity index (χ1v) is 9.60.